The fourth-order valence-corrected chi connectivity index (χ4v) is 2.04. The third kappa shape index (κ3) is 3.61. The largest absolute Gasteiger partial charge is 0.384 e. The number of rotatable bonds is 7. The van der Waals surface area contributed by atoms with E-state index in [1.807, 2.05) is 17.9 Å². The molecule has 0 saturated heterocycles. The summed E-state index contributed by atoms with van der Waals surface area (Å²) in [6.07, 6.45) is 2.92. The van der Waals surface area contributed by atoms with E-state index in [1.54, 1.807) is 7.11 Å². The first-order chi connectivity index (χ1) is 7.69. The van der Waals surface area contributed by atoms with Crippen molar-refractivity contribution in [2.45, 2.75) is 26.3 Å². The van der Waals surface area contributed by atoms with Crippen LogP contribution in [0.1, 0.15) is 32.0 Å². The summed E-state index contributed by atoms with van der Waals surface area (Å²) in [6, 6.07) is 2.44. The number of nitrogens with one attached hydrogen (secondary N) is 1. The Labute approximate surface area is 98.0 Å². The summed E-state index contributed by atoms with van der Waals surface area (Å²) >= 11 is 0. The minimum Gasteiger partial charge on any atom is -0.384 e. The Balaban J connectivity index is 2.64. The molecule has 0 fully saturated rings. The van der Waals surface area contributed by atoms with Crippen molar-refractivity contribution in [2.24, 2.45) is 13.0 Å². The standard InChI is InChI=1S/C12H23N3O/c1-5-13-11(8-10(2)9-16-4)12-6-7-14-15(12)3/h6-7,10-11,13H,5,8-9H2,1-4H3. The number of aryl methyl sites for hydroxylation is 1. The quantitative estimate of drug-likeness (QED) is 0.768. The summed E-state index contributed by atoms with van der Waals surface area (Å²) in [5, 5.41) is 7.72. The Bertz CT molecular complexity index is 298. The van der Waals surface area contributed by atoms with Crippen molar-refractivity contribution in [3.8, 4) is 0 Å². The number of nitrogens with zero attached hydrogens (tertiary/aromatic N) is 2. The third-order valence-corrected chi connectivity index (χ3v) is 2.76. The SMILES string of the molecule is CCNC(CC(C)COC)c1ccnn1C. The lowest BCUT2D eigenvalue weighted by atomic mass is 10.00. The van der Waals surface area contributed by atoms with Crippen molar-refractivity contribution in [1.82, 2.24) is 15.1 Å². The minimum absolute atomic E-state index is 0.364. The van der Waals surface area contributed by atoms with Gasteiger partial charge in [0.2, 0.25) is 0 Å². The van der Waals surface area contributed by atoms with Gasteiger partial charge in [-0.05, 0) is 24.9 Å². The highest BCUT2D eigenvalue weighted by atomic mass is 16.5. The van der Waals surface area contributed by atoms with Crippen LogP contribution in [-0.2, 0) is 11.8 Å². The van der Waals surface area contributed by atoms with E-state index >= 15 is 0 Å². The molecule has 0 aliphatic carbocycles. The molecule has 1 heterocycles. The van der Waals surface area contributed by atoms with Crippen LogP contribution in [0.15, 0.2) is 12.3 Å². The van der Waals surface area contributed by atoms with E-state index in [9.17, 15) is 0 Å². The summed E-state index contributed by atoms with van der Waals surface area (Å²) in [6.45, 7) is 6.11. The molecule has 1 N–H and O–H groups in total. The van der Waals surface area contributed by atoms with E-state index in [1.165, 1.54) is 5.69 Å². The van der Waals surface area contributed by atoms with Gasteiger partial charge in [-0.2, -0.15) is 5.10 Å². The smallest absolute Gasteiger partial charge is 0.0550 e. The molecule has 1 aromatic rings. The summed E-state index contributed by atoms with van der Waals surface area (Å²) in [5.74, 6) is 0.545. The van der Waals surface area contributed by atoms with Gasteiger partial charge < -0.3 is 10.1 Å². The number of hydrogen-bond acceptors (Lipinski definition) is 3. The van der Waals surface area contributed by atoms with E-state index < -0.39 is 0 Å². The summed E-state index contributed by atoms with van der Waals surface area (Å²) in [7, 11) is 3.74. The lowest BCUT2D eigenvalue weighted by molar-refractivity contribution is 0.149. The first-order valence-electron chi connectivity index (χ1n) is 5.89. The monoisotopic (exact) mass is 225 g/mol. The number of ether oxygens (including phenoxy) is 1. The molecule has 4 nitrogen and oxygen atoms in total. The summed E-state index contributed by atoms with van der Waals surface area (Å²) < 4.78 is 7.12. The lowest BCUT2D eigenvalue weighted by Crippen LogP contribution is -2.26. The van der Waals surface area contributed by atoms with Gasteiger partial charge >= 0.3 is 0 Å². The van der Waals surface area contributed by atoms with Crippen LogP contribution in [0.4, 0.5) is 0 Å². The van der Waals surface area contributed by atoms with Crippen molar-refractivity contribution < 1.29 is 4.74 Å². The second-order valence-electron chi connectivity index (χ2n) is 4.29. The Hall–Kier alpha value is -0.870. The zero-order chi connectivity index (χ0) is 12.0. The Morgan fingerprint density at radius 1 is 1.56 bits per heavy atom. The van der Waals surface area contributed by atoms with Gasteiger partial charge in [0.25, 0.3) is 0 Å². The Morgan fingerprint density at radius 2 is 2.31 bits per heavy atom. The van der Waals surface area contributed by atoms with Crippen LogP contribution in [0, 0.1) is 5.92 Å². The molecule has 0 amide bonds. The second-order valence-corrected chi connectivity index (χ2v) is 4.29. The van der Waals surface area contributed by atoms with Gasteiger partial charge in [-0.25, -0.2) is 0 Å². The van der Waals surface area contributed by atoms with Gasteiger partial charge in [0.15, 0.2) is 0 Å². The fraction of sp³-hybridized carbons (Fsp3) is 0.750. The van der Waals surface area contributed by atoms with Crippen LogP contribution in [-0.4, -0.2) is 30.0 Å². The molecule has 2 unspecified atom stereocenters. The molecule has 0 aliphatic heterocycles. The van der Waals surface area contributed by atoms with Gasteiger partial charge in [-0.3, -0.25) is 4.68 Å². The van der Waals surface area contributed by atoms with Crippen LogP contribution < -0.4 is 5.32 Å². The fourth-order valence-electron chi connectivity index (χ4n) is 2.04. The van der Waals surface area contributed by atoms with Crippen molar-refractivity contribution in [2.75, 3.05) is 20.3 Å². The summed E-state index contributed by atoms with van der Waals surface area (Å²) in [5.41, 5.74) is 1.24. The zero-order valence-electron chi connectivity index (χ0n) is 10.7. The molecule has 1 aromatic heterocycles. The second kappa shape index (κ2) is 6.66. The van der Waals surface area contributed by atoms with Gasteiger partial charge in [0, 0.05) is 33.0 Å². The average Bonchev–Trinajstić information content (AvgIpc) is 2.64. The van der Waals surface area contributed by atoms with Crippen LogP contribution in [0.5, 0.6) is 0 Å². The maximum atomic E-state index is 5.18. The van der Waals surface area contributed by atoms with E-state index in [0.717, 1.165) is 19.6 Å². The van der Waals surface area contributed by atoms with Crippen LogP contribution in [0.25, 0.3) is 0 Å². The highest BCUT2D eigenvalue weighted by molar-refractivity contribution is 5.06. The third-order valence-electron chi connectivity index (χ3n) is 2.76. The highest BCUT2D eigenvalue weighted by Gasteiger charge is 2.16. The average molecular weight is 225 g/mol. The molecule has 0 bridgehead atoms. The molecule has 0 aliphatic rings. The molecular weight excluding hydrogens is 202 g/mol. The van der Waals surface area contributed by atoms with Crippen molar-refractivity contribution in [3.05, 3.63) is 18.0 Å². The van der Waals surface area contributed by atoms with Gasteiger partial charge in [-0.15, -0.1) is 0 Å². The van der Waals surface area contributed by atoms with Crippen molar-refractivity contribution in [3.63, 3.8) is 0 Å². The molecule has 0 spiro atoms. The maximum absolute atomic E-state index is 5.18. The molecule has 0 saturated carbocycles. The van der Waals surface area contributed by atoms with E-state index in [4.69, 9.17) is 4.74 Å². The molecule has 2 atom stereocenters. The predicted octanol–water partition coefficient (Wildman–Crippen LogP) is 1.74. The molecule has 4 heteroatoms. The van der Waals surface area contributed by atoms with Crippen LogP contribution >= 0.6 is 0 Å². The van der Waals surface area contributed by atoms with Gasteiger partial charge in [-0.1, -0.05) is 13.8 Å². The molecular formula is C12H23N3O. The van der Waals surface area contributed by atoms with Gasteiger partial charge in [0.1, 0.15) is 0 Å². The van der Waals surface area contributed by atoms with Crippen LogP contribution in [0.3, 0.4) is 0 Å². The zero-order valence-corrected chi connectivity index (χ0v) is 10.7. The van der Waals surface area contributed by atoms with Crippen molar-refractivity contribution >= 4 is 0 Å². The predicted molar refractivity (Wildman–Crippen MR) is 65.3 cm³/mol. The Morgan fingerprint density at radius 3 is 2.81 bits per heavy atom. The first-order valence-corrected chi connectivity index (χ1v) is 5.89. The maximum Gasteiger partial charge on any atom is 0.0550 e. The molecule has 1 rings (SSSR count). The number of aromatic nitrogens is 2. The minimum atomic E-state index is 0.364. The topological polar surface area (TPSA) is 39.1 Å². The van der Waals surface area contributed by atoms with E-state index in [-0.39, 0.29) is 0 Å². The normalized spacial score (nSPS) is 15.0. The van der Waals surface area contributed by atoms with E-state index in [2.05, 4.69) is 30.3 Å². The molecule has 16 heavy (non-hydrogen) atoms. The first kappa shape index (κ1) is 13.2. The Kier molecular flexibility index (Phi) is 5.49. The van der Waals surface area contributed by atoms with Crippen molar-refractivity contribution in [1.29, 1.82) is 0 Å². The number of methoxy groups -OCH3 is 1. The molecule has 0 aromatic carbocycles. The highest BCUT2D eigenvalue weighted by Crippen LogP contribution is 2.20. The lowest BCUT2D eigenvalue weighted by Gasteiger charge is -2.21. The van der Waals surface area contributed by atoms with E-state index in [0.29, 0.717) is 12.0 Å². The van der Waals surface area contributed by atoms with Crippen LogP contribution in [0.2, 0.25) is 0 Å². The van der Waals surface area contributed by atoms with Gasteiger partial charge in [0.05, 0.1) is 5.69 Å². The summed E-state index contributed by atoms with van der Waals surface area (Å²) in [4.78, 5) is 0. The molecule has 92 valence electrons. The molecule has 0 radical (unpaired) electrons. The number of hydrogen-bond donors (Lipinski definition) is 1.